The van der Waals surface area contributed by atoms with E-state index in [9.17, 15) is 96.8 Å². The van der Waals surface area contributed by atoms with Gasteiger partial charge in [-0.1, -0.05) is 91.1 Å². The molecule has 6 rings (SSSR count). The molecular formula is C79H125N27O25S4. The molecule has 32 N–H and O–H groups in total. The summed E-state index contributed by atoms with van der Waals surface area (Å²) in [6.45, 7) is 8.21. The summed E-state index contributed by atoms with van der Waals surface area (Å²) in [6, 6.07) is -31.7. The van der Waals surface area contributed by atoms with Crippen molar-refractivity contribution in [3.8, 4) is 0 Å². The average Bonchev–Trinajstić information content (AvgIpc) is 1.73. The first-order valence-corrected chi connectivity index (χ1v) is 48.8. The third kappa shape index (κ3) is 34.1. The van der Waals surface area contributed by atoms with Gasteiger partial charge in [-0.05, 0) is 82.5 Å². The lowest BCUT2D eigenvalue weighted by atomic mass is 9.97. The molecule has 0 radical (unpaired) electrons. The number of hydrogen-bond donors (Lipinski definition) is 26. The van der Waals surface area contributed by atoms with E-state index < -0.39 is 331 Å². The topological polar surface area (TPSA) is 835 Å². The van der Waals surface area contributed by atoms with Gasteiger partial charge >= 0.3 is 5.97 Å². The highest BCUT2D eigenvalue weighted by atomic mass is 33.1. The van der Waals surface area contributed by atoms with Gasteiger partial charge in [0.1, 0.15) is 103 Å². The zero-order valence-electron chi connectivity index (χ0n) is 75.5. The first-order valence-electron chi connectivity index (χ1n) is 43.8. The van der Waals surface area contributed by atoms with Crippen LogP contribution in [0.3, 0.4) is 0 Å². The number of aromatic nitrogens is 2. The fourth-order valence-electron chi connectivity index (χ4n) is 15.0. The van der Waals surface area contributed by atoms with Crippen LogP contribution in [0.1, 0.15) is 144 Å². The normalized spacial score (nSPS) is 27.2. The fraction of sp³-hybridized carbons (Fsp3) is 0.671. The molecule has 0 spiro atoms. The van der Waals surface area contributed by atoms with Gasteiger partial charge in [-0.3, -0.25) is 111 Å². The number of carboxylic acid groups (broad SMARTS) is 1. The van der Waals surface area contributed by atoms with Crippen LogP contribution in [0.25, 0.3) is 0 Å². The Bertz CT molecular complexity index is 4480. The minimum atomic E-state index is -2.10. The van der Waals surface area contributed by atoms with E-state index in [2.05, 4.69) is 89.7 Å². The van der Waals surface area contributed by atoms with E-state index in [1.165, 1.54) is 47.1 Å². The number of hydrogen-bond acceptors (Lipinski definition) is 31. The van der Waals surface area contributed by atoms with E-state index >= 15 is 24.0 Å². The number of nitrogens with two attached hydrogens (primary N) is 6. The highest BCUT2D eigenvalue weighted by molar-refractivity contribution is 8.77. The zero-order chi connectivity index (χ0) is 101. The molecule has 20 atom stereocenters. The van der Waals surface area contributed by atoms with E-state index in [4.69, 9.17) is 39.8 Å². The van der Waals surface area contributed by atoms with E-state index in [0.29, 0.717) is 43.2 Å². The fourth-order valence-corrected chi connectivity index (χ4v) is 19.7. The number of primary amides is 4. The van der Waals surface area contributed by atoms with Gasteiger partial charge in [0.15, 0.2) is 5.96 Å². The van der Waals surface area contributed by atoms with Crippen molar-refractivity contribution in [3.05, 3.63) is 18.2 Å². The van der Waals surface area contributed by atoms with E-state index in [1.54, 1.807) is 6.92 Å². The van der Waals surface area contributed by atoms with Gasteiger partial charge in [0.05, 0.1) is 50.0 Å². The summed E-state index contributed by atoms with van der Waals surface area (Å²) in [5.74, 6) is -31.0. The maximum absolute atomic E-state index is 15.5. The molecule has 0 aromatic carbocycles. The van der Waals surface area contributed by atoms with Crippen LogP contribution in [0, 0.1) is 23.2 Å². The largest absolute Gasteiger partial charge is 0.481 e. The molecule has 0 aliphatic carbocycles. The quantitative estimate of drug-likeness (QED) is 0.0168. The molecule has 0 saturated carbocycles. The number of nitrogens with one attached hydrogen (secondary N) is 17. The Kier molecular flexibility index (Phi) is 44.7. The summed E-state index contributed by atoms with van der Waals surface area (Å²) in [7, 11) is 2.74. The molecule has 1 aromatic heterocycles. The Morgan fingerprint density at radius 2 is 1.02 bits per heavy atom. The molecule has 21 amide bonds. The Balaban J connectivity index is 1.54. The number of fused-ring (bicyclic) bond motifs is 10. The number of guanidine groups is 1. The van der Waals surface area contributed by atoms with Crippen molar-refractivity contribution < 1.29 is 121 Å². The molecule has 52 nitrogen and oxygen atoms in total. The van der Waals surface area contributed by atoms with Crippen molar-refractivity contribution in [1.82, 2.24) is 104 Å². The van der Waals surface area contributed by atoms with Crippen LogP contribution < -0.4 is 114 Å². The standard InChI is InChI=1S/C79H125N27O25S4/c1-8-36(6)59-74(127)96-46(61(84)114)29-132-133-30-47-66(119)95-45(28-107)65(118)94-43(25-55(83)111)77(130)106-22-12-16-52(106)71(124)100-57(34(2)3)73(126)99-49(32-135-134-31-48(67(120)97-47)98-70(123)51-15-11-21-105(51)78(131)44(26-56(112)113)92-62(115)39(80)13-9-19-88-79(85)86)68(121)103-60(37(7)108)75(128)101-58(35(4)5)72(125)91-41(23-38-27-87-33-89-38)64(117)93-42(24-54(82)110)76(129)104-20-10-14-50(104)69(122)90-40(63(116)102-59)17-18-53(81)109/h27,33-37,39-52,57-60,107-108H,8-26,28-32,80H2,1-7H3,(H2,81,109)(H2,82,110)(H2,83,111)(H2,84,114)(H,87,89)(H,90,122)(H,91,125)(H,92,115)(H,93,117)(H,94,118)(H,95,119)(H,96,127)(H,97,120)(H,98,123)(H,99,126)(H,100,124)(H,101,128)(H,102,116)(H,103,121)(H,112,113)(H4,85,86,88)/t36-,37+,39-,40-,41-,42?,43-,44-,45-,46-,47-,48-,49-,50-,51-,52-,57-,58-,59?,60?/m0/s1. The van der Waals surface area contributed by atoms with Gasteiger partial charge < -0.3 is 149 Å². The monoisotopic (exact) mass is 1980 g/mol. The lowest BCUT2D eigenvalue weighted by Gasteiger charge is -2.32. The van der Waals surface area contributed by atoms with Crippen LogP contribution in [-0.4, -0.2) is 347 Å². The van der Waals surface area contributed by atoms with Crippen LogP contribution in [0.5, 0.6) is 0 Å². The van der Waals surface area contributed by atoms with Gasteiger partial charge in [0, 0.05) is 68.2 Å². The van der Waals surface area contributed by atoms with Crippen LogP contribution in [0.4, 0.5) is 0 Å². The number of likely N-dealkylation sites (tertiary alicyclic amines) is 1. The number of aromatic amines is 1. The second kappa shape index (κ2) is 54.0. The summed E-state index contributed by atoms with van der Waals surface area (Å²) in [6.07, 6.45) is -3.65. The number of nitrogens with zero attached hydrogens (tertiary/aromatic N) is 4. The number of imidazole rings is 1. The maximum atomic E-state index is 15.5. The molecule has 1 aromatic rings. The summed E-state index contributed by atoms with van der Waals surface area (Å²) in [5, 5.41) is 76.9. The number of aliphatic hydroxyl groups is 2. The molecule has 750 valence electrons. The van der Waals surface area contributed by atoms with Crippen molar-refractivity contribution in [1.29, 1.82) is 5.41 Å². The van der Waals surface area contributed by atoms with E-state index in [1.807, 2.05) is 0 Å². The van der Waals surface area contributed by atoms with Crippen LogP contribution in [0.2, 0.25) is 0 Å². The molecule has 5 saturated heterocycles. The number of carboxylic acids is 1. The number of carbonyl (C=O) groups is 22. The second-order valence-electron chi connectivity index (χ2n) is 33.8. The lowest BCUT2D eigenvalue weighted by molar-refractivity contribution is -0.146. The molecule has 2 bridgehead atoms. The van der Waals surface area contributed by atoms with Gasteiger partial charge in [0.25, 0.3) is 0 Å². The molecule has 5 aliphatic heterocycles. The SMILES string of the molecule is CC[C@H](C)C1NC(=O)[C@H](CCC(N)=O)NC(=O)[C@@H]2CCCN2C(=O)C(CC(N)=O)NC(=O)[C@H](Cc2c[nH]cn2)NC(=O)[C@H](C(C)C)NC(=O)C([C@@H](C)O)NC(=O)[C@@H]2CSSC[C@H](NC(=O)[C@@H]3CCCN3C(=O)[C@H](CC(=O)O)NC(=O)[C@@H](N)CCCNC(=N)N)C(=O)N[C@@H](CSSC[C@@H](C(N)=O)NC1=O)C(=O)N[C@@H](CO)C(=O)N[C@@H](CC(N)=O)C(=O)N1CCC[C@H]1C(=O)N[C@@H](C(C)C)C(=O)N2. The summed E-state index contributed by atoms with van der Waals surface area (Å²) in [4.78, 5) is 325. The van der Waals surface area contributed by atoms with Crippen molar-refractivity contribution in [2.24, 2.45) is 52.2 Å². The van der Waals surface area contributed by atoms with Crippen molar-refractivity contribution in [2.45, 2.75) is 260 Å². The van der Waals surface area contributed by atoms with Gasteiger partial charge in [-0.25, -0.2) is 4.98 Å². The first kappa shape index (κ1) is 112. The third-order valence-electron chi connectivity index (χ3n) is 22.6. The molecule has 135 heavy (non-hydrogen) atoms. The highest BCUT2D eigenvalue weighted by Gasteiger charge is 2.47. The molecule has 56 heteroatoms. The lowest BCUT2D eigenvalue weighted by Crippen LogP contribution is -2.63. The van der Waals surface area contributed by atoms with Crippen molar-refractivity contribution in [2.75, 3.05) is 55.8 Å². The number of H-pyrrole nitrogens is 1. The highest BCUT2D eigenvalue weighted by Crippen LogP contribution is 2.29. The maximum Gasteiger partial charge on any atom is 0.305 e. The first-order chi connectivity index (χ1) is 63.7. The predicted octanol–water partition coefficient (Wildman–Crippen LogP) is -11.2. The van der Waals surface area contributed by atoms with Crippen LogP contribution >= 0.6 is 43.2 Å². The van der Waals surface area contributed by atoms with Gasteiger partial charge in [0.2, 0.25) is 124 Å². The number of aliphatic hydroxyl groups excluding tert-OH is 2. The Morgan fingerprint density at radius 3 is 1.54 bits per heavy atom. The van der Waals surface area contributed by atoms with E-state index in [-0.39, 0.29) is 95.6 Å². The molecule has 3 unspecified atom stereocenters. The van der Waals surface area contributed by atoms with Crippen LogP contribution in [-0.2, 0) is 112 Å². The molecule has 5 aliphatic rings. The molecule has 5 fully saturated rings. The van der Waals surface area contributed by atoms with E-state index in [0.717, 1.165) is 21.6 Å². The Hall–Kier alpha value is -11.9. The number of rotatable bonds is 27. The van der Waals surface area contributed by atoms with Crippen molar-refractivity contribution in [3.63, 3.8) is 0 Å². The number of amides is 21. The summed E-state index contributed by atoms with van der Waals surface area (Å²) in [5.41, 5.74) is 34.4. The molecule has 6 heterocycles. The smallest absolute Gasteiger partial charge is 0.305 e. The van der Waals surface area contributed by atoms with Gasteiger partial charge in [-0.2, -0.15) is 0 Å². The van der Waals surface area contributed by atoms with Crippen LogP contribution in [0.15, 0.2) is 12.5 Å². The Morgan fingerprint density at radius 1 is 0.548 bits per heavy atom. The minimum absolute atomic E-state index is 0.0485. The number of carbonyl (C=O) groups excluding carboxylic acids is 21. The third-order valence-corrected chi connectivity index (χ3v) is 27.5. The Labute approximate surface area is 791 Å². The average molecular weight is 1980 g/mol. The summed E-state index contributed by atoms with van der Waals surface area (Å²) >= 11 is 0. The number of aliphatic carboxylic acids is 1. The van der Waals surface area contributed by atoms with Gasteiger partial charge in [-0.15, -0.1) is 0 Å². The molecular weight excluding hydrogens is 1860 g/mol. The zero-order valence-corrected chi connectivity index (χ0v) is 78.8. The minimum Gasteiger partial charge on any atom is -0.481 e. The second-order valence-corrected chi connectivity index (χ2v) is 38.9. The van der Waals surface area contributed by atoms with Crippen molar-refractivity contribution >= 4 is 179 Å². The summed E-state index contributed by atoms with van der Waals surface area (Å²) < 4.78 is 0. The predicted molar refractivity (Wildman–Crippen MR) is 486 cm³/mol.